The zero-order valence-electron chi connectivity index (χ0n) is 19.4. The van der Waals surface area contributed by atoms with Crippen molar-refractivity contribution in [1.82, 2.24) is 23.7 Å². The minimum atomic E-state index is -0.448. The lowest BCUT2D eigenvalue weighted by molar-refractivity contribution is -0.113. The summed E-state index contributed by atoms with van der Waals surface area (Å²) in [6.07, 6.45) is 0. The monoisotopic (exact) mass is 500 g/mol. The molecule has 1 aromatic carbocycles. The van der Waals surface area contributed by atoms with Gasteiger partial charge in [0, 0.05) is 31.1 Å². The number of nitrogens with zero attached hydrogens (tertiary/aromatic N) is 5. The first-order valence-electron chi connectivity index (χ1n) is 10.4. The smallest absolute Gasteiger partial charge is 0.332 e. The zero-order valence-corrected chi connectivity index (χ0v) is 21.0. The first-order valence-corrected chi connectivity index (χ1v) is 12.3. The van der Waals surface area contributed by atoms with Crippen molar-refractivity contribution in [2.75, 3.05) is 18.2 Å². The summed E-state index contributed by atoms with van der Waals surface area (Å²) in [6, 6.07) is 7.43. The second kappa shape index (κ2) is 9.47. The van der Waals surface area contributed by atoms with Crippen LogP contribution in [0.3, 0.4) is 0 Å². The van der Waals surface area contributed by atoms with Crippen LogP contribution in [0.15, 0.2) is 44.4 Å². The topological polar surface area (TPSA) is 113 Å². The number of aryl methyl sites for hydroxylation is 1. The number of carbonyl (C=O) groups excluding carboxylic acids is 1. The van der Waals surface area contributed by atoms with Crippen LogP contribution in [0.1, 0.15) is 19.9 Å². The lowest BCUT2D eigenvalue weighted by Gasteiger charge is -2.12. The maximum Gasteiger partial charge on any atom is 0.332 e. The molecular formula is C22H24N6O4S2. The quantitative estimate of drug-likeness (QED) is 0.388. The average Bonchev–Trinajstić information content (AvgIpc) is 3.45. The Labute approximate surface area is 203 Å². The average molecular weight is 501 g/mol. The van der Waals surface area contributed by atoms with Gasteiger partial charge in [0.15, 0.2) is 21.5 Å². The highest BCUT2D eigenvalue weighted by atomic mass is 32.2. The highest BCUT2D eigenvalue weighted by Crippen LogP contribution is 2.28. The molecule has 4 rings (SSSR count). The number of anilines is 1. The number of amides is 1. The molecule has 0 saturated heterocycles. The Kier molecular flexibility index (Phi) is 6.62. The van der Waals surface area contributed by atoms with Gasteiger partial charge >= 0.3 is 5.69 Å². The number of fused-ring (bicyclic) bond motifs is 1. The summed E-state index contributed by atoms with van der Waals surface area (Å²) in [5, 5.41) is 5.67. The molecule has 0 spiro atoms. The number of benzene rings is 1. The van der Waals surface area contributed by atoms with E-state index in [-0.39, 0.29) is 17.7 Å². The number of aromatic nitrogens is 5. The molecule has 1 amide bonds. The van der Waals surface area contributed by atoms with Crippen molar-refractivity contribution in [1.29, 1.82) is 0 Å². The summed E-state index contributed by atoms with van der Waals surface area (Å²) >= 11 is 2.54. The number of rotatable bonds is 7. The third-order valence-corrected chi connectivity index (χ3v) is 6.95. The number of carbonyl (C=O) groups is 1. The van der Waals surface area contributed by atoms with Crippen LogP contribution in [0.2, 0.25) is 0 Å². The van der Waals surface area contributed by atoms with Gasteiger partial charge in [0.25, 0.3) is 5.56 Å². The third kappa shape index (κ3) is 4.38. The van der Waals surface area contributed by atoms with E-state index in [4.69, 9.17) is 4.74 Å². The lowest BCUT2D eigenvalue weighted by Crippen LogP contribution is -2.37. The second-order valence-corrected chi connectivity index (χ2v) is 9.64. The minimum Gasteiger partial charge on any atom is -0.497 e. The van der Waals surface area contributed by atoms with Gasteiger partial charge in [-0.15, -0.1) is 11.3 Å². The second-order valence-electron chi connectivity index (χ2n) is 7.84. The first kappa shape index (κ1) is 23.8. The fourth-order valence-corrected chi connectivity index (χ4v) is 5.15. The van der Waals surface area contributed by atoms with Crippen LogP contribution in [-0.2, 0) is 18.9 Å². The third-order valence-electron chi connectivity index (χ3n) is 5.24. The Balaban J connectivity index is 1.52. The van der Waals surface area contributed by atoms with Crippen molar-refractivity contribution in [2.24, 2.45) is 14.1 Å². The highest BCUT2D eigenvalue weighted by molar-refractivity contribution is 7.99. The van der Waals surface area contributed by atoms with E-state index in [1.165, 1.54) is 34.7 Å². The first-order chi connectivity index (χ1) is 16.2. The number of imidazole rings is 1. The van der Waals surface area contributed by atoms with Gasteiger partial charge in [0.05, 0.1) is 18.6 Å². The van der Waals surface area contributed by atoms with E-state index < -0.39 is 11.2 Å². The van der Waals surface area contributed by atoms with E-state index >= 15 is 0 Å². The number of ether oxygens (including phenoxy) is 1. The van der Waals surface area contributed by atoms with Gasteiger partial charge < -0.3 is 14.6 Å². The predicted octanol–water partition coefficient (Wildman–Crippen LogP) is 2.88. The number of hydrogen-bond acceptors (Lipinski definition) is 8. The van der Waals surface area contributed by atoms with Gasteiger partial charge in [-0.3, -0.25) is 18.7 Å². The summed E-state index contributed by atoms with van der Waals surface area (Å²) in [4.78, 5) is 46.7. The molecule has 0 aliphatic rings. The Bertz CT molecular complexity index is 1480. The van der Waals surface area contributed by atoms with Crippen LogP contribution in [0.25, 0.3) is 22.4 Å². The number of methoxy groups -OCH3 is 1. The van der Waals surface area contributed by atoms with Crippen molar-refractivity contribution in [3.05, 3.63) is 50.5 Å². The van der Waals surface area contributed by atoms with Crippen LogP contribution in [0, 0.1) is 0 Å². The summed E-state index contributed by atoms with van der Waals surface area (Å²) in [7, 11) is 4.63. The number of hydrogen-bond donors (Lipinski definition) is 1. The summed E-state index contributed by atoms with van der Waals surface area (Å²) < 4.78 is 9.34. The van der Waals surface area contributed by atoms with E-state index in [1.54, 1.807) is 18.7 Å². The molecular weight excluding hydrogens is 476 g/mol. The van der Waals surface area contributed by atoms with Gasteiger partial charge in [0.2, 0.25) is 5.91 Å². The maximum atomic E-state index is 12.8. The van der Waals surface area contributed by atoms with Gasteiger partial charge in [-0.05, 0) is 38.1 Å². The zero-order chi connectivity index (χ0) is 24.6. The number of thiazole rings is 1. The van der Waals surface area contributed by atoms with Crippen LogP contribution >= 0.6 is 23.1 Å². The van der Waals surface area contributed by atoms with Crippen molar-refractivity contribution in [3.63, 3.8) is 0 Å². The predicted molar refractivity (Wildman–Crippen MR) is 134 cm³/mol. The normalized spacial score (nSPS) is 11.4. The molecule has 0 aliphatic heterocycles. The summed E-state index contributed by atoms with van der Waals surface area (Å²) in [5.41, 5.74) is 1.46. The molecule has 3 heterocycles. The van der Waals surface area contributed by atoms with Crippen molar-refractivity contribution < 1.29 is 9.53 Å². The molecule has 0 bridgehead atoms. The molecule has 0 fully saturated rings. The molecule has 3 aromatic heterocycles. The van der Waals surface area contributed by atoms with E-state index in [9.17, 15) is 14.4 Å². The molecule has 34 heavy (non-hydrogen) atoms. The molecule has 1 N–H and O–H groups in total. The maximum absolute atomic E-state index is 12.8. The van der Waals surface area contributed by atoms with Crippen molar-refractivity contribution in [2.45, 2.75) is 25.0 Å². The fraction of sp³-hybridized carbons (Fsp3) is 0.318. The Morgan fingerprint density at radius 2 is 1.85 bits per heavy atom. The van der Waals surface area contributed by atoms with Gasteiger partial charge in [0.1, 0.15) is 5.75 Å². The molecule has 0 unspecified atom stereocenters. The van der Waals surface area contributed by atoms with Gasteiger partial charge in [-0.25, -0.2) is 14.8 Å². The van der Waals surface area contributed by atoms with E-state index in [0.29, 0.717) is 21.5 Å². The standard InChI is InChI=1S/C22H24N6O4S2/c1-12(2)28-17-18(26(3)22(31)27(4)19(17)30)25-21(28)34-11-16(29)24-20-23-15(10-33-20)13-6-8-14(32-5)9-7-13/h6-10,12H,11H2,1-5H3,(H,23,24,29). The van der Waals surface area contributed by atoms with Crippen LogP contribution < -0.4 is 21.3 Å². The van der Waals surface area contributed by atoms with Crippen LogP contribution in [0.4, 0.5) is 5.13 Å². The Morgan fingerprint density at radius 1 is 1.15 bits per heavy atom. The number of nitrogens with one attached hydrogen (secondary N) is 1. The largest absolute Gasteiger partial charge is 0.497 e. The molecule has 0 aliphatic carbocycles. The minimum absolute atomic E-state index is 0.0712. The van der Waals surface area contributed by atoms with E-state index in [0.717, 1.165) is 21.6 Å². The molecule has 12 heteroatoms. The van der Waals surface area contributed by atoms with Gasteiger partial charge in [-0.1, -0.05) is 11.8 Å². The van der Waals surface area contributed by atoms with E-state index in [1.807, 2.05) is 43.5 Å². The molecule has 10 nitrogen and oxygen atoms in total. The number of thioether (sulfide) groups is 1. The summed E-state index contributed by atoms with van der Waals surface area (Å²) in [6.45, 7) is 3.85. The molecule has 0 atom stereocenters. The van der Waals surface area contributed by atoms with Crippen LogP contribution in [0.5, 0.6) is 5.75 Å². The Morgan fingerprint density at radius 3 is 2.50 bits per heavy atom. The fourth-order valence-electron chi connectivity index (χ4n) is 3.49. The van der Waals surface area contributed by atoms with Crippen LogP contribution in [-0.4, -0.2) is 42.4 Å². The van der Waals surface area contributed by atoms with E-state index in [2.05, 4.69) is 15.3 Å². The molecule has 0 radical (unpaired) electrons. The molecule has 4 aromatic rings. The molecule has 178 valence electrons. The van der Waals surface area contributed by atoms with Gasteiger partial charge in [-0.2, -0.15) is 0 Å². The highest BCUT2D eigenvalue weighted by Gasteiger charge is 2.21. The molecule has 0 saturated carbocycles. The SMILES string of the molecule is COc1ccc(-c2csc(NC(=O)CSc3nc4c(c(=O)n(C)c(=O)n4C)n3C(C)C)n2)cc1. The van der Waals surface area contributed by atoms with Crippen molar-refractivity contribution in [3.8, 4) is 17.0 Å². The Hall–Kier alpha value is -3.38. The summed E-state index contributed by atoms with van der Waals surface area (Å²) in [5.74, 6) is 0.585. The van der Waals surface area contributed by atoms with Crippen molar-refractivity contribution >= 4 is 45.3 Å². The lowest BCUT2D eigenvalue weighted by atomic mass is 10.2.